The van der Waals surface area contributed by atoms with Gasteiger partial charge >= 0.3 is 0 Å². The minimum absolute atomic E-state index is 0.590. The molecule has 20 heavy (non-hydrogen) atoms. The first-order chi connectivity index (χ1) is 9.86. The Balaban J connectivity index is 1.68. The maximum atomic E-state index is 5.79. The second kappa shape index (κ2) is 6.47. The van der Waals surface area contributed by atoms with E-state index in [4.69, 9.17) is 4.42 Å². The van der Waals surface area contributed by atoms with Crippen molar-refractivity contribution in [3.05, 3.63) is 23.4 Å². The van der Waals surface area contributed by atoms with E-state index < -0.39 is 0 Å². The van der Waals surface area contributed by atoms with Crippen LogP contribution >= 0.6 is 11.3 Å². The van der Waals surface area contributed by atoms with Gasteiger partial charge in [-0.25, -0.2) is 0 Å². The van der Waals surface area contributed by atoms with Gasteiger partial charge in [0.25, 0.3) is 5.89 Å². The lowest BCUT2D eigenvalue weighted by atomic mass is 10.2. The first kappa shape index (κ1) is 13.7. The average molecular weight is 292 g/mol. The maximum absolute atomic E-state index is 5.79. The predicted molar refractivity (Wildman–Crippen MR) is 79.6 cm³/mol. The number of aromatic nitrogens is 2. The first-order valence-electron chi connectivity index (χ1n) is 7.18. The third-order valence-corrected chi connectivity index (χ3v) is 4.46. The van der Waals surface area contributed by atoms with Crippen molar-refractivity contribution < 1.29 is 4.42 Å². The van der Waals surface area contributed by atoms with E-state index in [1.165, 1.54) is 6.42 Å². The molecule has 3 heterocycles. The molecule has 2 aromatic rings. The van der Waals surface area contributed by atoms with Crippen LogP contribution in [-0.4, -0.2) is 40.8 Å². The molecule has 0 spiro atoms. The summed E-state index contributed by atoms with van der Waals surface area (Å²) in [5.74, 6) is 1.35. The van der Waals surface area contributed by atoms with Crippen LogP contribution in [0.2, 0.25) is 0 Å². The average Bonchev–Trinajstić information content (AvgIpc) is 3.20. The SMILES string of the molecule is CCCN(Cc1nnc(-c2cccs2)o1)C1CCNC1. The van der Waals surface area contributed by atoms with Crippen LogP contribution < -0.4 is 5.32 Å². The summed E-state index contributed by atoms with van der Waals surface area (Å²) in [5, 5.41) is 13.8. The Morgan fingerprint density at radius 1 is 1.50 bits per heavy atom. The van der Waals surface area contributed by atoms with Gasteiger partial charge in [-0.2, -0.15) is 0 Å². The molecule has 0 saturated carbocycles. The maximum Gasteiger partial charge on any atom is 0.257 e. The number of nitrogens with one attached hydrogen (secondary N) is 1. The zero-order valence-electron chi connectivity index (χ0n) is 11.7. The van der Waals surface area contributed by atoms with Gasteiger partial charge in [-0.15, -0.1) is 21.5 Å². The number of hydrogen-bond acceptors (Lipinski definition) is 6. The van der Waals surface area contributed by atoms with E-state index in [-0.39, 0.29) is 0 Å². The van der Waals surface area contributed by atoms with Gasteiger partial charge in [0.2, 0.25) is 5.89 Å². The number of thiophene rings is 1. The normalized spacial score (nSPS) is 19.0. The van der Waals surface area contributed by atoms with Crippen LogP contribution in [0.3, 0.4) is 0 Å². The van der Waals surface area contributed by atoms with E-state index in [1.807, 2.05) is 17.5 Å². The van der Waals surface area contributed by atoms with Crippen LogP contribution in [0.25, 0.3) is 10.8 Å². The summed E-state index contributed by atoms with van der Waals surface area (Å²) in [6, 6.07) is 4.59. The molecule has 1 N–H and O–H groups in total. The van der Waals surface area contributed by atoms with Crippen molar-refractivity contribution in [2.75, 3.05) is 19.6 Å². The molecule has 6 heteroatoms. The van der Waals surface area contributed by atoms with Gasteiger partial charge in [0.05, 0.1) is 11.4 Å². The molecule has 1 fully saturated rings. The van der Waals surface area contributed by atoms with Crippen molar-refractivity contribution in [2.24, 2.45) is 0 Å². The zero-order valence-corrected chi connectivity index (χ0v) is 12.5. The minimum atomic E-state index is 0.590. The Morgan fingerprint density at radius 2 is 2.45 bits per heavy atom. The lowest BCUT2D eigenvalue weighted by Crippen LogP contribution is -2.37. The van der Waals surface area contributed by atoms with E-state index >= 15 is 0 Å². The number of rotatable bonds is 6. The Morgan fingerprint density at radius 3 is 3.15 bits per heavy atom. The second-order valence-electron chi connectivity index (χ2n) is 5.10. The van der Waals surface area contributed by atoms with E-state index in [2.05, 4.69) is 27.3 Å². The van der Waals surface area contributed by atoms with Crippen LogP contribution in [0.1, 0.15) is 25.7 Å². The monoisotopic (exact) mass is 292 g/mol. The summed E-state index contributed by atoms with van der Waals surface area (Å²) in [7, 11) is 0. The van der Waals surface area contributed by atoms with E-state index in [9.17, 15) is 0 Å². The first-order valence-corrected chi connectivity index (χ1v) is 8.06. The Hall–Kier alpha value is -1.24. The molecular formula is C14H20N4OS. The molecular weight excluding hydrogens is 272 g/mol. The Labute approximate surface area is 123 Å². The van der Waals surface area contributed by atoms with Crippen molar-refractivity contribution >= 4 is 11.3 Å². The van der Waals surface area contributed by atoms with E-state index in [1.54, 1.807) is 11.3 Å². The van der Waals surface area contributed by atoms with Crippen LogP contribution in [0.15, 0.2) is 21.9 Å². The smallest absolute Gasteiger partial charge is 0.257 e. The molecule has 0 aromatic carbocycles. The molecule has 108 valence electrons. The molecule has 1 unspecified atom stereocenters. The second-order valence-corrected chi connectivity index (χ2v) is 6.04. The standard InChI is InChI=1S/C14H20N4OS/c1-2-7-18(11-5-6-15-9-11)10-13-16-17-14(19-13)12-4-3-8-20-12/h3-4,8,11,15H,2,5-7,9-10H2,1H3. The largest absolute Gasteiger partial charge is 0.419 e. The molecule has 0 amide bonds. The fourth-order valence-corrected chi connectivity index (χ4v) is 3.26. The van der Waals surface area contributed by atoms with Gasteiger partial charge in [0.1, 0.15) is 0 Å². The van der Waals surface area contributed by atoms with E-state index in [0.29, 0.717) is 17.8 Å². The molecule has 0 radical (unpaired) electrons. The van der Waals surface area contributed by atoms with Gasteiger partial charge in [-0.1, -0.05) is 13.0 Å². The fourth-order valence-electron chi connectivity index (χ4n) is 2.62. The lowest BCUT2D eigenvalue weighted by molar-refractivity contribution is 0.181. The summed E-state index contributed by atoms with van der Waals surface area (Å²) in [6.07, 6.45) is 2.34. The summed E-state index contributed by atoms with van der Waals surface area (Å²) < 4.78 is 5.79. The molecule has 1 saturated heterocycles. The molecule has 0 aliphatic carbocycles. The number of hydrogen-bond donors (Lipinski definition) is 1. The van der Waals surface area contributed by atoms with Gasteiger partial charge in [-0.05, 0) is 37.4 Å². The van der Waals surface area contributed by atoms with Crippen LogP contribution in [0, 0.1) is 0 Å². The topological polar surface area (TPSA) is 54.2 Å². The van der Waals surface area contributed by atoms with Gasteiger partial charge in [-0.3, -0.25) is 4.90 Å². The Bertz CT molecular complexity index is 519. The van der Waals surface area contributed by atoms with E-state index in [0.717, 1.165) is 37.5 Å². The summed E-state index contributed by atoms with van der Waals surface area (Å²) in [4.78, 5) is 3.49. The number of nitrogens with zero attached hydrogens (tertiary/aromatic N) is 3. The lowest BCUT2D eigenvalue weighted by Gasteiger charge is -2.26. The highest BCUT2D eigenvalue weighted by molar-refractivity contribution is 7.13. The molecule has 1 aliphatic heterocycles. The van der Waals surface area contributed by atoms with Crippen molar-refractivity contribution in [1.29, 1.82) is 0 Å². The fraction of sp³-hybridized carbons (Fsp3) is 0.571. The summed E-state index contributed by atoms with van der Waals surface area (Å²) >= 11 is 1.62. The molecule has 5 nitrogen and oxygen atoms in total. The van der Waals surface area contributed by atoms with Crippen molar-refractivity contribution in [2.45, 2.75) is 32.4 Å². The summed E-state index contributed by atoms with van der Waals surface area (Å²) in [5.41, 5.74) is 0. The predicted octanol–water partition coefficient (Wildman–Crippen LogP) is 2.37. The van der Waals surface area contributed by atoms with Crippen molar-refractivity contribution in [3.8, 4) is 10.8 Å². The zero-order chi connectivity index (χ0) is 13.8. The van der Waals surface area contributed by atoms with Gasteiger partial charge < -0.3 is 9.73 Å². The molecule has 1 aliphatic rings. The third-order valence-electron chi connectivity index (χ3n) is 3.60. The van der Waals surface area contributed by atoms with Crippen LogP contribution in [0.4, 0.5) is 0 Å². The van der Waals surface area contributed by atoms with Crippen molar-refractivity contribution in [1.82, 2.24) is 20.4 Å². The molecule has 1 atom stereocenters. The molecule has 3 rings (SSSR count). The van der Waals surface area contributed by atoms with Crippen LogP contribution in [0.5, 0.6) is 0 Å². The molecule has 2 aromatic heterocycles. The minimum Gasteiger partial charge on any atom is -0.419 e. The van der Waals surface area contributed by atoms with Crippen LogP contribution in [-0.2, 0) is 6.54 Å². The van der Waals surface area contributed by atoms with Gasteiger partial charge in [0, 0.05) is 12.6 Å². The highest BCUT2D eigenvalue weighted by atomic mass is 32.1. The third kappa shape index (κ3) is 3.08. The molecule has 0 bridgehead atoms. The highest BCUT2D eigenvalue weighted by Gasteiger charge is 2.23. The van der Waals surface area contributed by atoms with Gasteiger partial charge in [0.15, 0.2) is 0 Å². The highest BCUT2D eigenvalue weighted by Crippen LogP contribution is 2.23. The quantitative estimate of drug-likeness (QED) is 0.886. The van der Waals surface area contributed by atoms with Crippen molar-refractivity contribution in [3.63, 3.8) is 0 Å². The summed E-state index contributed by atoms with van der Waals surface area (Å²) in [6.45, 7) is 6.20. The Kier molecular flexibility index (Phi) is 4.44.